The van der Waals surface area contributed by atoms with E-state index in [1.165, 1.54) is 7.11 Å². The van der Waals surface area contributed by atoms with Crippen molar-refractivity contribution in [3.05, 3.63) is 35.4 Å². The van der Waals surface area contributed by atoms with Crippen LogP contribution in [0.1, 0.15) is 17.5 Å². The molecule has 0 bridgehead atoms. The predicted molar refractivity (Wildman–Crippen MR) is 74.9 cm³/mol. The number of hydrogen-bond acceptors (Lipinski definition) is 5. The third-order valence-electron chi connectivity index (χ3n) is 3.00. The molecule has 5 heteroatoms. The Morgan fingerprint density at radius 3 is 2.70 bits per heavy atom. The van der Waals surface area contributed by atoms with Crippen LogP contribution < -0.4 is 0 Å². The van der Waals surface area contributed by atoms with E-state index in [-0.39, 0.29) is 5.97 Å². The lowest BCUT2D eigenvalue weighted by Crippen LogP contribution is -2.30. The van der Waals surface area contributed by atoms with Crippen molar-refractivity contribution in [1.82, 2.24) is 4.90 Å². The molecule has 108 valence electrons. The van der Waals surface area contributed by atoms with E-state index >= 15 is 0 Å². The summed E-state index contributed by atoms with van der Waals surface area (Å²) in [6, 6.07) is 9.66. The van der Waals surface area contributed by atoms with Crippen LogP contribution >= 0.6 is 0 Å². The summed E-state index contributed by atoms with van der Waals surface area (Å²) in [7, 11) is 3.02. The standard InChI is InChI=1S/C15H20N2O3/c1-19-10-9-17(8-7-15(18)20-2)12-14-6-4-3-5-13(14)11-16/h3-6H,7-10,12H2,1-2H3. The molecule has 0 radical (unpaired) electrons. The summed E-state index contributed by atoms with van der Waals surface area (Å²) in [5, 5.41) is 9.10. The fraction of sp³-hybridized carbons (Fsp3) is 0.467. The van der Waals surface area contributed by atoms with Crippen LogP contribution in [0.3, 0.4) is 0 Å². The Morgan fingerprint density at radius 2 is 2.05 bits per heavy atom. The number of rotatable bonds is 8. The molecule has 0 aliphatic carbocycles. The molecule has 0 saturated heterocycles. The van der Waals surface area contributed by atoms with E-state index in [1.807, 2.05) is 18.2 Å². The van der Waals surface area contributed by atoms with Gasteiger partial charge in [0, 0.05) is 26.7 Å². The highest BCUT2D eigenvalue weighted by Crippen LogP contribution is 2.11. The van der Waals surface area contributed by atoms with E-state index in [0.717, 1.165) is 5.56 Å². The van der Waals surface area contributed by atoms with Crippen molar-refractivity contribution in [2.75, 3.05) is 33.9 Å². The first-order chi connectivity index (χ1) is 9.71. The molecule has 0 heterocycles. The van der Waals surface area contributed by atoms with Crippen molar-refractivity contribution in [2.45, 2.75) is 13.0 Å². The van der Waals surface area contributed by atoms with Crippen LogP contribution in [0.2, 0.25) is 0 Å². The normalized spacial score (nSPS) is 10.3. The first kappa shape index (κ1) is 16.2. The molecule has 1 aromatic rings. The van der Waals surface area contributed by atoms with Gasteiger partial charge in [0.2, 0.25) is 0 Å². The molecular formula is C15H20N2O3. The van der Waals surface area contributed by atoms with Crippen LogP contribution in [-0.2, 0) is 20.8 Å². The van der Waals surface area contributed by atoms with Gasteiger partial charge in [0.1, 0.15) is 0 Å². The summed E-state index contributed by atoms with van der Waals surface area (Å²) in [5.74, 6) is -0.235. The first-order valence-corrected chi connectivity index (χ1v) is 6.47. The zero-order valence-corrected chi connectivity index (χ0v) is 12.0. The molecule has 0 saturated carbocycles. The molecule has 1 aromatic carbocycles. The second kappa shape index (κ2) is 9.08. The highest BCUT2D eigenvalue weighted by atomic mass is 16.5. The Kier molecular flexibility index (Phi) is 7.33. The maximum atomic E-state index is 11.2. The number of hydrogen-bond donors (Lipinski definition) is 0. The lowest BCUT2D eigenvalue weighted by Gasteiger charge is -2.22. The summed E-state index contributed by atoms with van der Waals surface area (Å²) < 4.78 is 9.73. The monoisotopic (exact) mass is 276 g/mol. The Hall–Kier alpha value is -1.90. The van der Waals surface area contributed by atoms with Gasteiger partial charge in [0.15, 0.2) is 0 Å². The van der Waals surface area contributed by atoms with Crippen molar-refractivity contribution in [3.8, 4) is 6.07 Å². The van der Waals surface area contributed by atoms with E-state index in [2.05, 4.69) is 15.7 Å². The Labute approximate surface area is 119 Å². The maximum absolute atomic E-state index is 11.2. The molecule has 0 fully saturated rings. The molecule has 0 amide bonds. The first-order valence-electron chi connectivity index (χ1n) is 6.47. The Balaban J connectivity index is 2.68. The van der Waals surface area contributed by atoms with Gasteiger partial charge in [0.25, 0.3) is 0 Å². The van der Waals surface area contributed by atoms with Crippen molar-refractivity contribution < 1.29 is 14.3 Å². The van der Waals surface area contributed by atoms with Gasteiger partial charge in [-0.25, -0.2) is 0 Å². The minimum atomic E-state index is -0.235. The number of methoxy groups -OCH3 is 2. The van der Waals surface area contributed by atoms with Gasteiger partial charge in [-0.15, -0.1) is 0 Å². The number of nitriles is 1. The maximum Gasteiger partial charge on any atom is 0.306 e. The molecule has 20 heavy (non-hydrogen) atoms. The average Bonchev–Trinajstić information content (AvgIpc) is 2.49. The molecule has 0 unspecified atom stereocenters. The second-order valence-corrected chi connectivity index (χ2v) is 4.36. The zero-order valence-electron chi connectivity index (χ0n) is 12.0. The van der Waals surface area contributed by atoms with Gasteiger partial charge in [0.05, 0.1) is 31.8 Å². The number of benzene rings is 1. The van der Waals surface area contributed by atoms with E-state index in [9.17, 15) is 4.79 Å². The third-order valence-corrected chi connectivity index (χ3v) is 3.00. The van der Waals surface area contributed by atoms with Crippen LogP contribution in [0.5, 0.6) is 0 Å². The SMILES string of the molecule is COCCN(CCC(=O)OC)Cc1ccccc1C#N. The van der Waals surface area contributed by atoms with Crippen molar-refractivity contribution in [2.24, 2.45) is 0 Å². The van der Waals surface area contributed by atoms with Gasteiger partial charge in [-0.05, 0) is 11.6 Å². The van der Waals surface area contributed by atoms with Crippen molar-refractivity contribution in [3.63, 3.8) is 0 Å². The van der Waals surface area contributed by atoms with Gasteiger partial charge in [-0.1, -0.05) is 18.2 Å². The lowest BCUT2D eigenvalue weighted by atomic mass is 10.1. The lowest BCUT2D eigenvalue weighted by molar-refractivity contribution is -0.141. The fourth-order valence-electron chi connectivity index (χ4n) is 1.85. The number of esters is 1. The van der Waals surface area contributed by atoms with E-state index < -0.39 is 0 Å². The molecule has 1 rings (SSSR count). The van der Waals surface area contributed by atoms with Crippen molar-refractivity contribution in [1.29, 1.82) is 5.26 Å². The second-order valence-electron chi connectivity index (χ2n) is 4.36. The summed E-state index contributed by atoms with van der Waals surface area (Å²) in [6.45, 7) is 2.48. The molecule has 0 aromatic heterocycles. The number of nitrogens with zero attached hydrogens (tertiary/aromatic N) is 2. The zero-order chi connectivity index (χ0) is 14.8. The van der Waals surface area contributed by atoms with Gasteiger partial charge in [-0.3, -0.25) is 9.69 Å². The molecular weight excluding hydrogens is 256 g/mol. The van der Waals surface area contributed by atoms with Gasteiger partial charge in [-0.2, -0.15) is 5.26 Å². The Morgan fingerprint density at radius 1 is 1.30 bits per heavy atom. The number of carbonyl (C=O) groups excluding carboxylic acids is 1. The van der Waals surface area contributed by atoms with Crippen molar-refractivity contribution >= 4 is 5.97 Å². The summed E-state index contributed by atoms with van der Waals surface area (Å²) >= 11 is 0. The van der Waals surface area contributed by atoms with Crippen LogP contribution in [0.15, 0.2) is 24.3 Å². The van der Waals surface area contributed by atoms with E-state index in [0.29, 0.717) is 38.2 Å². The molecule has 0 spiro atoms. The van der Waals surface area contributed by atoms with E-state index in [4.69, 9.17) is 10.00 Å². The highest BCUT2D eigenvalue weighted by molar-refractivity contribution is 5.69. The molecule has 5 nitrogen and oxygen atoms in total. The number of ether oxygens (including phenoxy) is 2. The van der Waals surface area contributed by atoms with Crippen LogP contribution in [0, 0.1) is 11.3 Å². The van der Waals surface area contributed by atoms with Crippen LogP contribution in [-0.4, -0.2) is 44.8 Å². The molecule has 0 atom stereocenters. The van der Waals surface area contributed by atoms with Gasteiger partial charge < -0.3 is 9.47 Å². The quantitative estimate of drug-likeness (QED) is 0.674. The predicted octanol–water partition coefficient (Wildman–Crippen LogP) is 1.57. The average molecular weight is 276 g/mol. The van der Waals surface area contributed by atoms with Crippen LogP contribution in [0.4, 0.5) is 0 Å². The van der Waals surface area contributed by atoms with Crippen LogP contribution in [0.25, 0.3) is 0 Å². The smallest absolute Gasteiger partial charge is 0.306 e. The third kappa shape index (κ3) is 5.39. The summed E-state index contributed by atoms with van der Waals surface area (Å²) in [5.41, 5.74) is 1.61. The van der Waals surface area contributed by atoms with Gasteiger partial charge >= 0.3 is 5.97 Å². The summed E-state index contributed by atoms with van der Waals surface area (Å²) in [6.07, 6.45) is 0.328. The number of carbonyl (C=O) groups is 1. The largest absolute Gasteiger partial charge is 0.469 e. The topological polar surface area (TPSA) is 62.6 Å². The summed E-state index contributed by atoms with van der Waals surface area (Å²) in [4.78, 5) is 13.3. The fourth-order valence-corrected chi connectivity index (χ4v) is 1.85. The Bertz CT molecular complexity index is 468. The minimum absolute atomic E-state index is 0.235. The van der Waals surface area contributed by atoms with E-state index in [1.54, 1.807) is 13.2 Å². The molecule has 0 aliphatic heterocycles. The molecule has 0 N–H and O–H groups in total. The highest BCUT2D eigenvalue weighted by Gasteiger charge is 2.11. The molecule has 0 aliphatic rings. The minimum Gasteiger partial charge on any atom is -0.469 e.